The van der Waals surface area contributed by atoms with Gasteiger partial charge in [0.25, 0.3) is 5.91 Å². The van der Waals surface area contributed by atoms with E-state index in [0.29, 0.717) is 24.4 Å². The molecule has 1 aliphatic rings. The summed E-state index contributed by atoms with van der Waals surface area (Å²) in [5.41, 5.74) is 1.84. The average Bonchev–Trinajstić information content (AvgIpc) is 2.78. The van der Waals surface area contributed by atoms with Crippen LogP contribution in [0.3, 0.4) is 0 Å². The van der Waals surface area contributed by atoms with E-state index in [4.69, 9.17) is 9.47 Å². The van der Waals surface area contributed by atoms with Crippen molar-refractivity contribution in [1.29, 1.82) is 0 Å². The Labute approximate surface area is 130 Å². The summed E-state index contributed by atoms with van der Waals surface area (Å²) in [4.78, 5) is 25.4. The third-order valence-corrected chi connectivity index (χ3v) is 3.33. The van der Waals surface area contributed by atoms with E-state index < -0.39 is 11.7 Å². The van der Waals surface area contributed by atoms with E-state index >= 15 is 0 Å². The van der Waals surface area contributed by atoms with Gasteiger partial charge in [0.15, 0.2) is 0 Å². The molecule has 1 aromatic rings. The lowest BCUT2D eigenvalue weighted by Crippen LogP contribution is -2.34. The monoisotopic (exact) mass is 306 g/mol. The van der Waals surface area contributed by atoms with Crippen molar-refractivity contribution in [3.05, 3.63) is 28.8 Å². The standard InChI is InChI=1S/C16H22N2O4/c1-16(2,3)22-15(20)18(4)9-10-6-11(21-5)7-12-13(10)8-17-14(12)19/h6-7H,8-9H2,1-5H3,(H,17,19). The second-order valence-corrected chi connectivity index (χ2v) is 6.33. The number of carbonyl (C=O) groups is 2. The van der Waals surface area contributed by atoms with Crippen molar-refractivity contribution in [1.82, 2.24) is 10.2 Å². The number of nitrogens with one attached hydrogen (secondary N) is 1. The number of carbonyl (C=O) groups excluding carboxylic acids is 2. The van der Waals surface area contributed by atoms with Crippen LogP contribution in [-0.2, 0) is 17.8 Å². The Bertz CT molecular complexity index is 605. The van der Waals surface area contributed by atoms with Crippen LogP contribution >= 0.6 is 0 Å². The second kappa shape index (κ2) is 5.87. The van der Waals surface area contributed by atoms with E-state index in [2.05, 4.69) is 5.32 Å². The first kappa shape index (κ1) is 16.1. The Balaban J connectivity index is 2.23. The molecule has 0 saturated heterocycles. The summed E-state index contributed by atoms with van der Waals surface area (Å²) in [6.07, 6.45) is -0.402. The van der Waals surface area contributed by atoms with Crippen LogP contribution in [0.25, 0.3) is 0 Å². The molecule has 1 aromatic carbocycles. The number of rotatable bonds is 3. The van der Waals surface area contributed by atoms with Crippen molar-refractivity contribution in [2.75, 3.05) is 14.2 Å². The Morgan fingerprint density at radius 3 is 2.64 bits per heavy atom. The lowest BCUT2D eigenvalue weighted by Gasteiger charge is -2.25. The molecule has 22 heavy (non-hydrogen) atoms. The molecule has 0 saturated carbocycles. The summed E-state index contributed by atoms with van der Waals surface area (Å²) in [5, 5.41) is 2.79. The first-order chi connectivity index (χ1) is 10.2. The summed E-state index contributed by atoms with van der Waals surface area (Å²) >= 11 is 0. The van der Waals surface area contributed by atoms with Gasteiger partial charge in [-0.25, -0.2) is 4.79 Å². The normalized spacial score (nSPS) is 13.4. The van der Waals surface area contributed by atoms with Crippen LogP contribution < -0.4 is 10.1 Å². The van der Waals surface area contributed by atoms with E-state index in [9.17, 15) is 9.59 Å². The van der Waals surface area contributed by atoms with E-state index in [-0.39, 0.29) is 5.91 Å². The molecule has 2 amide bonds. The highest BCUT2D eigenvalue weighted by Crippen LogP contribution is 2.27. The van der Waals surface area contributed by atoms with Gasteiger partial charge in [0.1, 0.15) is 11.4 Å². The summed E-state index contributed by atoms with van der Waals surface area (Å²) in [6.45, 7) is 6.29. The lowest BCUT2D eigenvalue weighted by atomic mass is 10.0. The van der Waals surface area contributed by atoms with Crippen molar-refractivity contribution < 1.29 is 19.1 Å². The molecule has 0 radical (unpaired) electrons. The lowest BCUT2D eigenvalue weighted by molar-refractivity contribution is 0.0284. The van der Waals surface area contributed by atoms with Gasteiger partial charge in [0.05, 0.1) is 7.11 Å². The van der Waals surface area contributed by atoms with Crippen LogP contribution in [0.2, 0.25) is 0 Å². The third kappa shape index (κ3) is 3.50. The first-order valence-corrected chi connectivity index (χ1v) is 7.13. The number of benzene rings is 1. The molecule has 0 aromatic heterocycles. The maximum Gasteiger partial charge on any atom is 0.410 e. The predicted molar refractivity (Wildman–Crippen MR) is 81.9 cm³/mol. The Morgan fingerprint density at radius 2 is 2.05 bits per heavy atom. The maximum atomic E-state index is 12.1. The molecule has 1 aliphatic heterocycles. The highest BCUT2D eigenvalue weighted by Gasteiger charge is 2.25. The fourth-order valence-corrected chi connectivity index (χ4v) is 2.30. The maximum absolute atomic E-state index is 12.1. The zero-order valence-electron chi connectivity index (χ0n) is 13.6. The zero-order valence-corrected chi connectivity index (χ0v) is 13.6. The van der Waals surface area contributed by atoms with Crippen LogP contribution in [-0.4, -0.2) is 36.7 Å². The van der Waals surface area contributed by atoms with Gasteiger partial charge in [-0.2, -0.15) is 0 Å². The number of amides is 2. The molecule has 1 heterocycles. The van der Waals surface area contributed by atoms with E-state index in [0.717, 1.165) is 11.1 Å². The van der Waals surface area contributed by atoms with Gasteiger partial charge in [-0.3, -0.25) is 4.79 Å². The molecule has 0 unspecified atom stereocenters. The molecule has 2 rings (SSSR count). The van der Waals surface area contributed by atoms with Crippen LogP contribution in [0.5, 0.6) is 5.75 Å². The number of hydrogen-bond acceptors (Lipinski definition) is 4. The fourth-order valence-electron chi connectivity index (χ4n) is 2.30. The molecular weight excluding hydrogens is 284 g/mol. The molecule has 0 fully saturated rings. The van der Waals surface area contributed by atoms with Gasteiger partial charge in [0.2, 0.25) is 0 Å². The highest BCUT2D eigenvalue weighted by molar-refractivity contribution is 5.99. The molecule has 0 spiro atoms. The largest absolute Gasteiger partial charge is 0.497 e. The van der Waals surface area contributed by atoms with Crippen LogP contribution in [0.15, 0.2) is 12.1 Å². The van der Waals surface area contributed by atoms with Gasteiger partial charge in [-0.1, -0.05) is 0 Å². The molecule has 1 N–H and O–H groups in total. The van der Waals surface area contributed by atoms with E-state index in [1.165, 1.54) is 4.90 Å². The number of hydrogen-bond donors (Lipinski definition) is 1. The van der Waals surface area contributed by atoms with Gasteiger partial charge in [-0.15, -0.1) is 0 Å². The fraction of sp³-hybridized carbons (Fsp3) is 0.500. The minimum Gasteiger partial charge on any atom is -0.497 e. The summed E-state index contributed by atoms with van der Waals surface area (Å²) in [6, 6.07) is 3.56. The quantitative estimate of drug-likeness (QED) is 0.930. The second-order valence-electron chi connectivity index (χ2n) is 6.33. The van der Waals surface area contributed by atoms with E-state index in [1.807, 2.05) is 26.8 Å². The van der Waals surface area contributed by atoms with Crippen molar-refractivity contribution in [3.63, 3.8) is 0 Å². The molecule has 0 bridgehead atoms. The number of ether oxygens (including phenoxy) is 2. The number of fused-ring (bicyclic) bond motifs is 1. The van der Waals surface area contributed by atoms with Crippen LogP contribution in [0, 0.1) is 0 Å². The van der Waals surface area contributed by atoms with E-state index in [1.54, 1.807) is 20.2 Å². The predicted octanol–water partition coefficient (Wildman–Crippen LogP) is 2.31. The smallest absolute Gasteiger partial charge is 0.410 e. The average molecular weight is 306 g/mol. The molecule has 0 aliphatic carbocycles. The highest BCUT2D eigenvalue weighted by atomic mass is 16.6. The molecule has 120 valence electrons. The molecular formula is C16H22N2O4. The molecule has 0 atom stereocenters. The first-order valence-electron chi connectivity index (χ1n) is 7.13. The van der Waals surface area contributed by atoms with Gasteiger partial charge < -0.3 is 19.7 Å². The van der Waals surface area contributed by atoms with Gasteiger partial charge >= 0.3 is 6.09 Å². The minimum atomic E-state index is -0.542. The number of nitrogens with zero attached hydrogens (tertiary/aromatic N) is 1. The SMILES string of the molecule is COc1cc(CN(C)C(=O)OC(C)(C)C)c2c(c1)C(=O)NC2. The van der Waals surface area contributed by atoms with Crippen molar-refractivity contribution >= 4 is 12.0 Å². The summed E-state index contributed by atoms with van der Waals surface area (Å²) < 4.78 is 10.6. The van der Waals surface area contributed by atoms with Crippen molar-refractivity contribution in [3.8, 4) is 5.75 Å². The topological polar surface area (TPSA) is 67.9 Å². The zero-order chi connectivity index (χ0) is 16.5. The minimum absolute atomic E-state index is 0.116. The Kier molecular flexibility index (Phi) is 4.30. The van der Waals surface area contributed by atoms with Gasteiger partial charge in [0, 0.05) is 25.7 Å². The summed E-state index contributed by atoms with van der Waals surface area (Å²) in [7, 11) is 3.22. The van der Waals surface area contributed by atoms with Crippen LogP contribution in [0.1, 0.15) is 42.3 Å². The van der Waals surface area contributed by atoms with Crippen molar-refractivity contribution in [2.45, 2.75) is 39.5 Å². The third-order valence-electron chi connectivity index (χ3n) is 3.33. The summed E-state index contributed by atoms with van der Waals surface area (Å²) in [5.74, 6) is 0.485. The number of methoxy groups -OCH3 is 1. The van der Waals surface area contributed by atoms with Crippen molar-refractivity contribution in [2.24, 2.45) is 0 Å². The Hall–Kier alpha value is -2.24. The molecule has 6 nitrogen and oxygen atoms in total. The molecule has 6 heteroatoms. The Morgan fingerprint density at radius 1 is 1.36 bits per heavy atom. The van der Waals surface area contributed by atoms with Gasteiger partial charge in [-0.05, 0) is 44.0 Å². The van der Waals surface area contributed by atoms with Crippen LogP contribution in [0.4, 0.5) is 4.79 Å².